The van der Waals surface area contributed by atoms with Crippen molar-refractivity contribution in [2.24, 2.45) is 0 Å². The van der Waals surface area contributed by atoms with Gasteiger partial charge in [-0.05, 0) is 37.1 Å². The van der Waals surface area contributed by atoms with Gasteiger partial charge in [-0.1, -0.05) is 13.0 Å². The molecule has 0 aliphatic heterocycles. The molecule has 1 amide bonds. The normalized spacial score (nSPS) is 11.9. The fraction of sp³-hybridized carbons (Fsp3) is 0.429. The SMILES string of the molecule is Cc1ccc(NC(=O)CSC(C)CC(=O)O)cc1C. The summed E-state index contributed by atoms with van der Waals surface area (Å²) in [5, 5.41) is 11.4. The summed E-state index contributed by atoms with van der Waals surface area (Å²) in [7, 11) is 0. The minimum atomic E-state index is -0.838. The lowest BCUT2D eigenvalue weighted by Crippen LogP contribution is -2.17. The van der Waals surface area contributed by atoms with E-state index >= 15 is 0 Å². The molecule has 1 aromatic carbocycles. The van der Waals surface area contributed by atoms with Gasteiger partial charge in [0.1, 0.15) is 0 Å². The number of nitrogens with one attached hydrogen (secondary N) is 1. The molecule has 0 aromatic heterocycles. The van der Waals surface area contributed by atoms with E-state index in [1.165, 1.54) is 17.3 Å². The summed E-state index contributed by atoms with van der Waals surface area (Å²) in [6.07, 6.45) is 0.0710. The third kappa shape index (κ3) is 5.79. The zero-order valence-electron chi connectivity index (χ0n) is 11.4. The lowest BCUT2D eigenvalue weighted by molar-refractivity contribution is -0.136. The third-order valence-electron chi connectivity index (χ3n) is 2.75. The zero-order valence-corrected chi connectivity index (χ0v) is 12.2. The minimum Gasteiger partial charge on any atom is -0.481 e. The van der Waals surface area contributed by atoms with Crippen LogP contribution in [0.3, 0.4) is 0 Å². The number of aliphatic carboxylic acids is 1. The number of rotatable bonds is 6. The predicted octanol–water partition coefficient (Wildman–Crippen LogP) is 2.84. The van der Waals surface area contributed by atoms with Gasteiger partial charge in [0, 0.05) is 10.9 Å². The second-order valence-electron chi connectivity index (χ2n) is 4.57. The van der Waals surface area contributed by atoms with Crippen LogP contribution in [0, 0.1) is 13.8 Å². The molecule has 0 radical (unpaired) electrons. The number of hydrogen-bond donors (Lipinski definition) is 2. The number of hydrogen-bond acceptors (Lipinski definition) is 3. The molecule has 0 heterocycles. The molecule has 0 bridgehead atoms. The van der Waals surface area contributed by atoms with Crippen LogP contribution in [0.1, 0.15) is 24.5 Å². The van der Waals surface area contributed by atoms with Gasteiger partial charge < -0.3 is 10.4 Å². The van der Waals surface area contributed by atoms with Gasteiger partial charge in [-0.15, -0.1) is 11.8 Å². The van der Waals surface area contributed by atoms with E-state index in [0.29, 0.717) is 0 Å². The highest BCUT2D eigenvalue weighted by Gasteiger charge is 2.11. The summed E-state index contributed by atoms with van der Waals surface area (Å²) in [6, 6.07) is 5.76. The van der Waals surface area contributed by atoms with Gasteiger partial charge in [0.2, 0.25) is 5.91 Å². The molecule has 1 unspecified atom stereocenters. The smallest absolute Gasteiger partial charge is 0.304 e. The molecule has 1 atom stereocenters. The number of benzene rings is 1. The average Bonchev–Trinajstić information content (AvgIpc) is 2.30. The molecule has 0 spiro atoms. The van der Waals surface area contributed by atoms with Crippen LogP contribution < -0.4 is 5.32 Å². The first-order valence-corrected chi connectivity index (χ1v) is 7.14. The molecule has 0 saturated carbocycles. The maximum Gasteiger partial charge on any atom is 0.304 e. The van der Waals surface area contributed by atoms with E-state index in [1.807, 2.05) is 39.0 Å². The lowest BCUT2D eigenvalue weighted by Gasteiger charge is -2.10. The summed E-state index contributed by atoms with van der Waals surface area (Å²) >= 11 is 1.35. The first kappa shape index (κ1) is 15.6. The van der Waals surface area contributed by atoms with Crippen molar-refractivity contribution in [2.45, 2.75) is 32.4 Å². The van der Waals surface area contributed by atoms with Crippen molar-refractivity contribution >= 4 is 29.3 Å². The Bertz CT molecular complexity index is 474. The van der Waals surface area contributed by atoms with Gasteiger partial charge in [0.25, 0.3) is 0 Å². The van der Waals surface area contributed by atoms with Gasteiger partial charge in [-0.3, -0.25) is 9.59 Å². The van der Waals surface area contributed by atoms with E-state index in [9.17, 15) is 9.59 Å². The zero-order chi connectivity index (χ0) is 14.4. The number of amides is 1. The topological polar surface area (TPSA) is 66.4 Å². The van der Waals surface area contributed by atoms with Crippen molar-refractivity contribution in [1.29, 1.82) is 0 Å². The Labute approximate surface area is 117 Å². The van der Waals surface area contributed by atoms with Crippen molar-refractivity contribution in [2.75, 3.05) is 11.1 Å². The highest BCUT2D eigenvalue weighted by atomic mass is 32.2. The second kappa shape index (κ2) is 7.19. The molecule has 5 heteroatoms. The first-order chi connectivity index (χ1) is 8.88. The Morgan fingerprint density at radius 3 is 2.58 bits per heavy atom. The van der Waals surface area contributed by atoms with E-state index in [-0.39, 0.29) is 23.3 Å². The van der Waals surface area contributed by atoms with Crippen LogP contribution in [0.4, 0.5) is 5.69 Å². The van der Waals surface area contributed by atoms with Crippen molar-refractivity contribution < 1.29 is 14.7 Å². The van der Waals surface area contributed by atoms with E-state index < -0.39 is 5.97 Å². The predicted molar refractivity (Wildman–Crippen MR) is 78.7 cm³/mol. The summed E-state index contributed by atoms with van der Waals surface area (Å²) in [5.74, 6) is -0.679. The molecule has 104 valence electrons. The maximum atomic E-state index is 11.7. The van der Waals surface area contributed by atoms with E-state index in [0.717, 1.165) is 11.3 Å². The van der Waals surface area contributed by atoms with Crippen LogP contribution in [-0.2, 0) is 9.59 Å². The van der Waals surface area contributed by atoms with Gasteiger partial charge in [0.15, 0.2) is 0 Å². The molecule has 1 rings (SSSR count). The Morgan fingerprint density at radius 2 is 2.00 bits per heavy atom. The van der Waals surface area contributed by atoms with Crippen LogP contribution in [0.5, 0.6) is 0 Å². The third-order valence-corrected chi connectivity index (χ3v) is 3.92. The molecule has 1 aromatic rings. The lowest BCUT2D eigenvalue weighted by atomic mass is 10.1. The molecule has 0 aliphatic rings. The van der Waals surface area contributed by atoms with Crippen LogP contribution >= 0.6 is 11.8 Å². The van der Waals surface area contributed by atoms with Gasteiger partial charge >= 0.3 is 5.97 Å². The minimum absolute atomic E-state index is 0.0667. The van der Waals surface area contributed by atoms with E-state index in [4.69, 9.17) is 5.11 Å². The molecule has 0 aliphatic carbocycles. The summed E-state index contributed by atoms with van der Waals surface area (Å²) < 4.78 is 0. The Hall–Kier alpha value is -1.49. The number of carbonyl (C=O) groups is 2. The summed E-state index contributed by atoms with van der Waals surface area (Å²) in [5.41, 5.74) is 3.09. The molecular weight excluding hydrogens is 262 g/mol. The number of aryl methyl sites for hydroxylation is 2. The van der Waals surface area contributed by atoms with Gasteiger partial charge in [0.05, 0.1) is 12.2 Å². The Morgan fingerprint density at radius 1 is 1.32 bits per heavy atom. The molecular formula is C14H19NO3S. The molecule has 0 saturated heterocycles. The van der Waals surface area contributed by atoms with Crippen LogP contribution in [0.2, 0.25) is 0 Å². The monoisotopic (exact) mass is 281 g/mol. The molecule has 0 fully saturated rings. The number of thioether (sulfide) groups is 1. The van der Waals surface area contributed by atoms with E-state index in [1.54, 1.807) is 0 Å². The fourth-order valence-electron chi connectivity index (χ4n) is 1.54. The highest BCUT2D eigenvalue weighted by molar-refractivity contribution is 8.00. The van der Waals surface area contributed by atoms with Crippen molar-refractivity contribution in [3.8, 4) is 0 Å². The number of anilines is 1. The number of carbonyl (C=O) groups excluding carboxylic acids is 1. The van der Waals surface area contributed by atoms with Crippen LogP contribution in [0.25, 0.3) is 0 Å². The van der Waals surface area contributed by atoms with Crippen molar-refractivity contribution in [3.63, 3.8) is 0 Å². The van der Waals surface area contributed by atoms with Crippen molar-refractivity contribution in [1.82, 2.24) is 0 Å². The highest BCUT2D eigenvalue weighted by Crippen LogP contribution is 2.17. The molecule has 2 N–H and O–H groups in total. The average molecular weight is 281 g/mol. The quantitative estimate of drug-likeness (QED) is 0.841. The number of carboxylic acid groups (broad SMARTS) is 1. The van der Waals surface area contributed by atoms with Crippen LogP contribution in [0.15, 0.2) is 18.2 Å². The summed E-state index contributed by atoms with van der Waals surface area (Å²) in [6.45, 7) is 5.82. The maximum absolute atomic E-state index is 11.7. The van der Waals surface area contributed by atoms with E-state index in [2.05, 4.69) is 5.32 Å². The van der Waals surface area contributed by atoms with Gasteiger partial charge in [-0.25, -0.2) is 0 Å². The Balaban J connectivity index is 2.42. The Kier molecular flexibility index (Phi) is 5.89. The van der Waals surface area contributed by atoms with Gasteiger partial charge in [-0.2, -0.15) is 0 Å². The fourth-order valence-corrected chi connectivity index (χ4v) is 2.31. The largest absolute Gasteiger partial charge is 0.481 e. The summed E-state index contributed by atoms with van der Waals surface area (Å²) in [4.78, 5) is 22.2. The number of carboxylic acids is 1. The van der Waals surface area contributed by atoms with Crippen LogP contribution in [-0.4, -0.2) is 28.0 Å². The molecule has 4 nitrogen and oxygen atoms in total. The van der Waals surface area contributed by atoms with Crippen molar-refractivity contribution in [3.05, 3.63) is 29.3 Å². The molecule has 19 heavy (non-hydrogen) atoms. The standard InChI is InChI=1S/C14H19NO3S/c1-9-4-5-12(6-10(9)2)15-13(16)8-19-11(3)7-14(17)18/h4-6,11H,7-8H2,1-3H3,(H,15,16)(H,17,18). The first-order valence-electron chi connectivity index (χ1n) is 6.09. The second-order valence-corrected chi connectivity index (χ2v) is 5.99.